The highest BCUT2D eigenvalue weighted by Gasteiger charge is 2.38. The minimum atomic E-state index is -5.08. The number of aliphatic carboxylic acids is 1. The molecular weight excluding hydrogens is 459 g/mol. The van der Waals surface area contributed by atoms with E-state index in [1.165, 1.54) is 12.0 Å². The molecule has 0 aliphatic heterocycles. The van der Waals surface area contributed by atoms with Crippen molar-refractivity contribution in [1.82, 2.24) is 0 Å². The fourth-order valence-corrected chi connectivity index (χ4v) is 3.29. The number of nitrogens with two attached hydrogens (primary N) is 1. The van der Waals surface area contributed by atoms with Crippen molar-refractivity contribution in [3.8, 4) is 16.9 Å². The lowest BCUT2D eigenvalue weighted by atomic mass is 9.96. The summed E-state index contributed by atoms with van der Waals surface area (Å²) in [4.78, 5) is 20.2. The summed E-state index contributed by atoms with van der Waals surface area (Å²) in [6, 6.07) is 26.0. The molecule has 3 rings (SSSR count). The van der Waals surface area contributed by atoms with Crippen molar-refractivity contribution in [1.29, 1.82) is 0 Å². The Morgan fingerprint density at radius 2 is 1.54 bits per heavy atom. The van der Waals surface area contributed by atoms with Gasteiger partial charge in [0.25, 0.3) is 0 Å². The lowest BCUT2D eigenvalue weighted by molar-refractivity contribution is -0.192. The molecule has 0 radical (unpaired) electrons. The number of alkyl halides is 3. The molecule has 186 valence electrons. The lowest BCUT2D eigenvalue weighted by Crippen LogP contribution is -2.21. The summed E-state index contributed by atoms with van der Waals surface area (Å²) in [5, 5.41) is 7.12. The SMILES string of the molecule is CC(CCCCOc1ccc(-c2cccc(C(N)=O)c2)cc1)c1ccccc1.O=C(O)C(F)(F)F. The number of amides is 1. The number of carboxylic acids is 1. The van der Waals surface area contributed by atoms with Gasteiger partial charge in [0.2, 0.25) is 5.91 Å². The smallest absolute Gasteiger partial charge is 0.490 e. The Hall–Kier alpha value is -3.81. The van der Waals surface area contributed by atoms with Gasteiger partial charge in [0.1, 0.15) is 5.75 Å². The van der Waals surface area contributed by atoms with Gasteiger partial charge in [-0.25, -0.2) is 4.79 Å². The lowest BCUT2D eigenvalue weighted by Gasteiger charge is -2.12. The molecule has 0 aromatic heterocycles. The Morgan fingerprint density at radius 3 is 2.11 bits per heavy atom. The van der Waals surface area contributed by atoms with E-state index in [2.05, 4.69) is 37.3 Å². The zero-order valence-electron chi connectivity index (χ0n) is 19.3. The fourth-order valence-electron chi connectivity index (χ4n) is 3.29. The standard InChI is InChI=1S/C25H27NO2.C2HF3O2/c1-19(20-9-3-2-4-10-20)8-5-6-17-28-24-15-13-21(14-16-24)22-11-7-12-23(18-22)25(26)27;3-2(4,5)1(6)7/h2-4,7,9-16,18-19H,5-6,8,17H2,1H3,(H2,26,27);(H,6,7). The second kappa shape index (κ2) is 13.2. The normalized spacial score (nSPS) is 11.7. The van der Waals surface area contributed by atoms with Gasteiger partial charge in [-0.2, -0.15) is 13.2 Å². The van der Waals surface area contributed by atoms with Gasteiger partial charge in [-0.3, -0.25) is 4.79 Å². The van der Waals surface area contributed by atoms with E-state index in [0.717, 1.165) is 36.3 Å². The molecule has 1 unspecified atom stereocenters. The molecule has 0 saturated heterocycles. The number of hydrogen-bond acceptors (Lipinski definition) is 3. The summed E-state index contributed by atoms with van der Waals surface area (Å²) in [5.41, 5.74) is 9.28. The molecule has 0 aliphatic carbocycles. The minimum Gasteiger partial charge on any atom is -0.494 e. The van der Waals surface area contributed by atoms with Crippen LogP contribution in [0.15, 0.2) is 78.9 Å². The predicted molar refractivity (Wildman–Crippen MR) is 128 cm³/mol. The van der Waals surface area contributed by atoms with Gasteiger partial charge in [0.05, 0.1) is 6.61 Å². The maximum absolute atomic E-state index is 11.3. The topological polar surface area (TPSA) is 89.6 Å². The fraction of sp³-hybridized carbons (Fsp3) is 0.259. The van der Waals surface area contributed by atoms with E-state index in [4.69, 9.17) is 20.4 Å². The molecule has 8 heteroatoms. The Kier molecular flexibility index (Phi) is 10.3. The number of rotatable bonds is 9. The van der Waals surface area contributed by atoms with E-state index < -0.39 is 18.1 Å². The first-order valence-corrected chi connectivity index (χ1v) is 11.1. The predicted octanol–water partition coefficient (Wildman–Crippen LogP) is 6.44. The molecule has 0 saturated carbocycles. The summed E-state index contributed by atoms with van der Waals surface area (Å²) >= 11 is 0. The second-order valence-corrected chi connectivity index (χ2v) is 7.93. The molecule has 0 bridgehead atoms. The Morgan fingerprint density at radius 1 is 0.914 bits per heavy atom. The largest absolute Gasteiger partial charge is 0.494 e. The van der Waals surface area contributed by atoms with Crippen LogP contribution >= 0.6 is 0 Å². The third-order valence-electron chi connectivity index (χ3n) is 5.25. The Balaban J connectivity index is 0.000000540. The van der Waals surface area contributed by atoms with Crippen molar-refractivity contribution in [3.63, 3.8) is 0 Å². The van der Waals surface area contributed by atoms with Crippen molar-refractivity contribution in [2.24, 2.45) is 5.73 Å². The van der Waals surface area contributed by atoms with Crippen LogP contribution in [-0.2, 0) is 4.79 Å². The van der Waals surface area contributed by atoms with E-state index in [1.807, 2.05) is 42.5 Å². The minimum absolute atomic E-state index is 0.414. The van der Waals surface area contributed by atoms with Crippen LogP contribution in [0, 0.1) is 0 Å². The second-order valence-electron chi connectivity index (χ2n) is 7.93. The van der Waals surface area contributed by atoms with Crippen LogP contribution in [0.25, 0.3) is 11.1 Å². The number of halogens is 3. The van der Waals surface area contributed by atoms with Gasteiger partial charge >= 0.3 is 12.1 Å². The van der Waals surface area contributed by atoms with Gasteiger partial charge in [0.15, 0.2) is 0 Å². The third kappa shape index (κ3) is 9.52. The van der Waals surface area contributed by atoms with Gasteiger partial charge < -0.3 is 15.6 Å². The Labute approximate surface area is 202 Å². The van der Waals surface area contributed by atoms with Crippen LogP contribution in [0.1, 0.15) is 48.0 Å². The van der Waals surface area contributed by atoms with E-state index >= 15 is 0 Å². The quantitative estimate of drug-likeness (QED) is 0.340. The summed E-state index contributed by atoms with van der Waals surface area (Å²) in [6.07, 6.45) is -1.73. The zero-order chi connectivity index (χ0) is 25.8. The van der Waals surface area contributed by atoms with Crippen LogP contribution in [0.5, 0.6) is 5.75 Å². The molecule has 1 amide bonds. The van der Waals surface area contributed by atoms with E-state index in [0.29, 0.717) is 11.5 Å². The van der Waals surface area contributed by atoms with E-state index in [1.54, 1.807) is 6.07 Å². The highest BCUT2D eigenvalue weighted by atomic mass is 19.4. The summed E-state index contributed by atoms with van der Waals surface area (Å²) in [6.45, 7) is 3.00. The number of carboxylic acid groups (broad SMARTS) is 1. The Bertz CT molecular complexity index is 1080. The van der Waals surface area contributed by atoms with Crippen molar-refractivity contribution in [3.05, 3.63) is 90.0 Å². The van der Waals surface area contributed by atoms with Crippen molar-refractivity contribution in [2.75, 3.05) is 6.61 Å². The van der Waals surface area contributed by atoms with Gasteiger partial charge in [-0.05, 0) is 66.1 Å². The first-order chi connectivity index (χ1) is 16.6. The number of carbonyl (C=O) groups excluding carboxylic acids is 1. The van der Waals surface area contributed by atoms with Gasteiger partial charge in [-0.15, -0.1) is 0 Å². The van der Waals surface area contributed by atoms with Crippen LogP contribution < -0.4 is 10.5 Å². The summed E-state index contributed by atoms with van der Waals surface area (Å²) in [5.74, 6) is -1.72. The van der Waals surface area contributed by atoms with Crippen LogP contribution in [-0.4, -0.2) is 29.8 Å². The maximum atomic E-state index is 11.3. The number of hydrogen-bond donors (Lipinski definition) is 2. The van der Waals surface area contributed by atoms with Crippen LogP contribution in [0.3, 0.4) is 0 Å². The van der Waals surface area contributed by atoms with Crippen molar-refractivity contribution in [2.45, 2.75) is 38.3 Å². The highest BCUT2D eigenvalue weighted by Crippen LogP contribution is 2.24. The highest BCUT2D eigenvalue weighted by molar-refractivity contribution is 5.94. The third-order valence-corrected chi connectivity index (χ3v) is 5.25. The number of primary amides is 1. The van der Waals surface area contributed by atoms with Crippen molar-refractivity contribution < 1.29 is 32.6 Å². The molecule has 3 N–H and O–H groups in total. The average molecular weight is 488 g/mol. The number of unbranched alkanes of at least 4 members (excludes halogenated alkanes) is 1. The first kappa shape index (κ1) is 27.4. The molecule has 5 nitrogen and oxygen atoms in total. The molecule has 3 aromatic rings. The molecule has 0 aliphatic rings. The van der Waals surface area contributed by atoms with Crippen molar-refractivity contribution >= 4 is 11.9 Å². The molecule has 1 atom stereocenters. The number of carbonyl (C=O) groups is 2. The summed E-state index contributed by atoms with van der Waals surface area (Å²) in [7, 11) is 0. The molecule has 0 heterocycles. The van der Waals surface area contributed by atoms with Crippen LogP contribution in [0.4, 0.5) is 13.2 Å². The molecular formula is C27H28F3NO4. The molecule has 0 fully saturated rings. The number of benzene rings is 3. The number of ether oxygens (including phenoxy) is 1. The molecule has 3 aromatic carbocycles. The summed E-state index contributed by atoms with van der Waals surface area (Å²) < 4.78 is 37.6. The maximum Gasteiger partial charge on any atom is 0.490 e. The van der Waals surface area contributed by atoms with Crippen LogP contribution in [0.2, 0.25) is 0 Å². The zero-order valence-corrected chi connectivity index (χ0v) is 19.3. The van der Waals surface area contributed by atoms with E-state index in [-0.39, 0.29) is 0 Å². The van der Waals surface area contributed by atoms with E-state index in [9.17, 15) is 18.0 Å². The van der Waals surface area contributed by atoms with Gasteiger partial charge in [-0.1, -0.05) is 61.5 Å². The average Bonchev–Trinajstić information content (AvgIpc) is 2.84. The first-order valence-electron chi connectivity index (χ1n) is 11.1. The molecule has 0 spiro atoms. The molecule has 35 heavy (non-hydrogen) atoms. The van der Waals surface area contributed by atoms with Gasteiger partial charge in [0, 0.05) is 5.56 Å². The monoisotopic (exact) mass is 487 g/mol.